The largest absolute Gasteiger partial charge is 0.417 e. The van der Waals surface area contributed by atoms with Gasteiger partial charge in [0.05, 0.1) is 11.6 Å². The van der Waals surface area contributed by atoms with Gasteiger partial charge >= 0.3 is 5.76 Å². The van der Waals surface area contributed by atoms with Gasteiger partial charge in [-0.1, -0.05) is 22.0 Å². The number of hydrogen-bond donors (Lipinski definition) is 2. The minimum Gasteiger partial charge on any atom is -0.408 e. The monoisotopic (exact) mass is 257 g/mol. The third kappa shape index (κ3) is 1.60. The van der Waals surface area contributed by atoms with Crippen molar-refractivity contribution in [3.8, 4) is 0 Å². The van der Waals surface area contributed by atoms with E-state index in [-0.39, 0.29) is 0 Å². The van der Waals surface area contributed by atoms with Gasteiger partial charge in [0.1, 0.15) is 0 Å². The van der Waals surface area contributed by atoms with Crippen LogP contribution in [-0.4, -0.2) is 15.4 Å². The Bertz CT molecular complexity index is 502. The van der Waals surface area contributed by atoms with Gasteiger partial charge in [-0.15, -0.1) is 0 Å². The quantitative estimate of drug-likeness (QED) is 0.803. The average molecular weight is 258 g/mol. The molecule has 1 atom stereocenters. The number of aliphatic hydroxyl groups is 1. The summed E-state index contributed by atoms with van der Waals surface area (Å²) >= 11 is 3.18. The lowest BCUT2D eigenvalue weighted by molar-refractivity contribution is 0.205. The van der Waals surface area contributed by atoms with E-state index in [4.69, 9.17) is 4.42 Å². The van der Waals surface area contributed by atoms with Crippen LogP contribution in [0.15, 0.2) is 27.4 Å². The third-order valence-corrected chi connectivity index (χ3v) is 2.59. The molecule has 0 amide bonds. The highest BCUT2D eigenvalue weighted by atomic mass is 79.9. The predicted octanol–water partition coefficient (Wildman–Crippen LogP) is 1.55. The van der Waals surface area contributed by atoms with E-state index in [2.05, 4.69) is 20.9 Å². The van der Waals surface area contributed by atoms with Crippen LogP contribution in [0.4, 0.5) is 0 Å². The first kappa shape index (κ1) is 9.48. The molecule has 1 heterocycles. The van der Waals surface area contributed by atoms with E-state index in [1.54, 1.807) is 18.2 Å². The zero-order chi connectivity index (χ0) is 10.1. The maximum Gasteiger partial charge on any atom is 0.417 e. The fourth-order valence-corrected chi connectivity index (χ4v) is 1.64. The lowest BCUT2D eigenvalue weighted by atomic mass is 10.1. The molecular formula is C9H8BrNO3. The molecule has 5 heteroatoms. The van der Waals surface area contributed by atoms with Crippen LogP contribution >= 0.6 is 15.9 Å². The minimum atomic E-state index is -0.571. The molecule has 1 aromatic heterocycles. The molecule has 1 unspecified atom stereocenters. The maximum absolute atomic E-state index is 10.8. The molecule has 0 fully saturated rings. The van der Waals surface area contributed by atoms with Gasteiger partial charge in [0, 0.05) is 5.33 Å². The first-order valence-electron chi connectivity index (χ1n) is 4.07. The summed E-state index contributed by atoms with van der Waals surface area (Å²) in [5, 5.41) is 9.98. The Labute approximate surface area is 87.7 Å². The van der Waals surface area contributed by atoms with Gasteiger partial charge in [0.25, 0.3) is 0 Å². The van der Waals surface area contributed by atoms with Crippen molar-refractivity contribution in [3.05, 3.63) is 34.3 Å². The normalized spacial score (nSPS) is 13.3. The molecule has 74 valence electrons. The molecular weight excluding hydrogens is 250 g/mol. The molecule has 0 bridgehead atoms. The lowest BCUT2D eigenvalue weighted by Crippen LogP contribution is -1.97. The molecule has 2 N–H and O–H groups in total. The van der Waals surface area contributed by atoms with Crippen molar-refractivity contribution in [2.24, 2.45) is 0 Å². The molecule has 4 nitrogen and oxygen atoms in total. The van der Waals surface area contributed by atoms with Crippen LogP contribution in [-0.2, 0) is 0 Å². The molecule has 0 aliphatic carbocycles. The van der Waals surface area contributed by atoms with E-state index in [0.29, 0.717) is 16.4 Å². The number of oxazole rings is 1. The number of fused-ring (bicyclic) bond motifs is 1. The van der Waals surface area contributed by atoms with Gasteiger partial charge in [-0.25, -0.2) is 4.79 Å². The van der Waals surface area contributed by atoms with Crippen molar-refractivity contribution in [3.63, 3.8) is 0 Å². The number of nitrogens with one attached hydrogen (secondary N) is 1. The number of benzene rings is 1. The first-order valence-corrected chi connectivity index (χ1v) is 5.19. The Morgan fingerprint density at radius 2 is 2.36 bits per heavy atom. The highest BCUT2D eigenvalue weighted by Crippen LogP contribution is 2.19. The molecule has 0 saturated heterocycles. The molecule has 2 rings (SSSR count). The highest BCUT2D eigenvalue weighted by Gasteiger charge is 2.08. The molecule has 0 aliphatic heterocycles. The number of aromatic amines is 1. The summed E-state index contributed by atoms with van der Waals surface area (Å²) in [4.78, 5) is 13.4. The van der Waals surface area contributed by atoms with Gasteiger partial charge in [-0.05, 0) is 17.7 Å². The molecule has 1 aromatic carbocycles. The van der Waals surface area contributed by atoms with Crippen LogP contribution in [0.25, 0.3) is 11.1 Å². The lowest BCUT2D eigenvalue weighted by Gasteiger charge is -2.05. The van der Waals surface area contributed by atoms with E-state index in [1.807, 2.05) is 0 Å². The number of aliphatic hydroxyl groups excluding tert-OH is 1. The van der Waals surface area contributed by atoms with E-state index in [9.17, 15) is 9.90 Å². The second kappa shape index (κ2) is 3.59. The second-order valence-electron chi connectivity index (χ2n) is 2.94. The molecule has 0 saturated carbocycles. The summed E-state index contributed by atoms with van der Waals surface area (Å²) in [6.45, 7) is 0. The van der Waals surface area contributed by atoms with E-state index in [1.165, 1.54) is 0 Å². The summed E-state index contributed by atoms with van der Waals surface area (Å²) in [5.74, 6) is -0.481. The van der Waals surface area contributed by atoms with Gasteiger partial charge in [-0.2, -0.15) is 0 Å². The molecule has 0 spiro atoms. The van der Waals surface area contributed by atoms with Gasteiger partial charge in [0.15, 0.2) is 5.58 Å². The average Bonchev–Trinajstić information content (AvgIpc) is 2.55. The highest BCUT2D eigenvalue weighted by molar-refractivity contribution is 9.09. The van der Waals surface area contributed by atoms with E-state index >= 15 is 0 Å². The molecule has 14 heavy (non-hydrogen) atoms. The zero-order valence-corrected chi connectivity index (χ0v) is 8.74. The van der Waals surface area contributed by atoms with Crippen LogP contribution in [0.5, 0.6) is 0 Å². The third-order valence-electron chi connectivity index (χ3n) is 1.97. The zero-order valence-electron chi connectivity index (χ0n) is 7.16. The van der Waals surface area contributed by atoms with Crippen molar-refractivity contribution < 1.29 is 9.52 Å². The Morgan fingerprint density at radius 3 is 3.07 bits per heavy atom. The Morgan fingerprint density at radius 1 is 1.57 bits per heavy atom. The Kier molecular flexibility index (Phi) is 2.43. The smallest absolute Gasteiger partial charge is 0.408 e. The van der Waals surface area contributed by atoms with E-state index in [0.717, 1.165) is 5.56 Å². The van der Waals surface area contributed by atoms with Crippen LogP contribution in [0, 0.1) is 0 Å². The van der Waals surface area contributed by atoms with Gasteiger partial charge < -0.3 is 9.52 Å². The van der Waals surface area contributed by atoms with Crippen LogP contribution < -0.4 is 5.76 Å². The Balaban J connectivity index is 2.55. The van der Waals surface area contributed by atoms with Gasteiger partial charge in [0.2, 0.25) is 0 Å². The summed E-state index contributed by atoms with van der Waals surface area (Å²) in [6, 6.07) is 5.09. The summed E-state index contributed by atoms with van der Waals surface area (Å²) < 4.78 is 4.83. The van der Waals surface area contributed by atoms with Crippen molar-refractivity contribution in [2.45, 2.75) is 6.10 Å². The SMILES string of the molecule is O=c1[nH]c2cc(C(O)CBr)ccc2o1. The molecule has 0 aliphatic rings. The number of H-pyrrole nitrogens is 1. The number of hydrogen-bond acceptors (Lipinski definition) is 3. The number of aromatic nitrogens is 1. The van der Waals surface area contributed by atoms with E-state index < -0.39 is 11.9 Å². The van der Waals surface area contributed by atoms with Crippen LogP contribution in [0.3, 0.4) is 0 Å². The van der Waals surface area contributed by atoms with Crippen LogP contribution in [0.2, 0.25) is 0 Å². The van der Waals surface area contributed by atoms with Crippen molar-refractivity contribution in [1.29, 1.82) is 0 Å². The van der Waals surface area contributed by atoms with Gasteiger partial charge in [-0.3, -0.25) is 4.98 Å². The second-order valence-corrected chi connectivity index (χ2v) is 3.59. The van der Waals surface area contributed by atoms with Crippen molar-refractivity contribution in [1.82, 2.24) is 4.98 Å². The minimum absolute atomic E-state index is 0.459. The fourth-order valence-electron chi connectivity index (χ4n) is 1.27. The summed E-state index contributed by atoms with van der Waals surface area (Å²) in [5.41, 5.74) is 1.85. The standard InChI is InChI=1S/C9H8BrNO3/c10-4-7(12)5-1-2-8-6(3-5)11-9(13)14-8/h1-3,7,12H,4H2,(H,11,13). The maximum atomic E-state index is 10.8. The first-order chi connectivity index (χ1) is 6.70. The van der Waals surface area contributed by atoms with Crippen molar-refractivity contribution in [2.75, 3.05) is 5.33 Å². The number of halogens is 1. The van der Waals surface area contributed by atoms with Crippen molar-refractivity contribution >= 4 is 27.0 Å². The topological polar surface area (TPSA) is 66.2 Å². The van der Waals surface area contributed by atoms with Crippen LogP contribution in [0.1, 0.15) is 11.7 Å². The number of alkyl halides is 1. The Hall–Kier alpha value is -1.07. The molecule has 2 aromatic rings. The predicted molar refractivity (Wildman–Crippen MR) is 55.6 cm³/mol. The molecule has 0 radical (unpaired) electrons. The fraction of sp³-hybridized carbons (Fsp3) is 0.222. The number of rotatable bonds is 2. The summed E-state index contributed by atoms with van der Waals surface area (Å²) in [6.07, 6.45) is -0.571. The summed E-state index contributed by atoms with van der Waals surface area (Å²) in [7, 11) is 0.